The van der Waals surface area contributed by atoms with E-state index in [0.717, 1.165) is 18.0 Å². The summed E-state index contributed by atoms with van der Waals surface area (Å²) in [4.78, 5) is 17.1. The molecule has 0 spiro atoms. The minimum absolute atomic E-state index is 0.174. The van der Waals surface area contributed by atoms with Crippen LogP contribution in [0.5, 0.6) is 0 Å². The molecule has 18 heavy (non-hydrogen) atoms. The number of amides is 1. The van der Waals surface area contributed by atoms with Gasteiger partial charge >= 0.3 is 0 Å². The third-order valence-corrected chi connectivity index (χ3v) is 5.21. The van der Waals surface area contributed by atoms with Crippen molar-refractivity contribution in [3.05, 3.63) is 24.0 Å². The summed E-state index contributed by atoms with van der Waals surface area (Å²) in [6, 6.07) is 4.04. The van der Waals surface area contributed by atoms with Crippen molar-refractivity contribution in [2.75, 3.05) is 18.1 Å². The summed E-state index contributed by atoms with van der Waals surface area (Å²) in [6.45, 7) is 7.46. The lowest BCUT2D eigenvalue weighted by Gasteiger charge is -2.25. The SMILES string of the molecule is CC(C)(C)SCCN1C(=O)CSC1c1ccc[nH]1. The standard InChI is InChI=1S/C13H20N2OS2/c1-13(2,3)18-8-7-15-11(16)9-17-12(15)10-5-4-6-14-10/h4-6,12,14H,7-9H2,1-3H3. The van der Waals surface area contributed by atoms with Crippen LogP contribution in [0.3, 0.4) is 0 Å². The number of hydrogen-bond donors (Lipinski definition) is 1. The fourth-order valence-electron chi connectivity index (χ4n) is 1.90. The van der Waals surface area contributed by atoms with Gasteiger partial charge in [0.2, 0.25) is 5.91 Å². The van der Waals surface area contributed by atoms with Crippen LogP contribution in [0.4, 0.5) is 0 Å². The molecule has 1 aliphatic heterocycles. The number of rotatable bonds is 4. The summed E-state index contributed by atoms with van der Waals surface area (Å²) in [5.74, 6) is 1.85. The molecule has 1 aromatic heterocycles. The van der Waals surface area contributed by atoms with Gasteiger partial charge in [-0.25, -0.2) is 0 Å². The van der Waals surface area contributed by atoms with Crippen molar-refractivity contribution in [3.8, 4) is 0 Å². The highest BCUT2D eigenvalue weighted by molar-refractivity contribution is 8.01. The molecule has 1 amide bonds. The Labute approximate surface area is 117 Å². The van der Waals surface area contributed by atoms with E-state index >= 15 is 0 Å². The normalized spacial score (nSPS) is 20.7. The number of carbonyl (C=O) groups is 1. The molecule has 1 aromatic rings. The van der Waals surface area contributed by atoms with E-state index in [1.165, 1.54) is 0 Å². The number of aromatic amines is 1. The molecule has 0 aromatic carbocycles. The van der Waals surface area contributed by atoms with Crippen LogP contribution in [0, 0.1) is 0 Å². The smallest absolute Gasteiger partial charge is 0.233 e. The van der Waals surface area contributed by atoms with Crippen LogP contribution in [0.15, 0.2) is 18.3 Å². The Bertz CT molecular complexity index is 398. The van der Waals surface area contributed by atoms with Gasteiger partial charge in [0, 0.05) is 28.9 Å². The number of nitrogens with one attached hydrogen (secondary N) is 1. The first kappa shape index (κ1) is 13.9. The molecule has 100 valence electrons. The predicted octanol–water partition coefficient (Wildman–Crippen LogP) is 3.12. The molecule has 0 bridgehead atoms. The first-order valence-corrected chi connectivity index (χ1v) is 8.19. The summed E-state index contributed by atoms with van der Waals surface area (Å²) >= 11 is 3.62. The number of H-pyrrole nitrogens is 1. The first-order chi connectivity index (χ1) is 8.47. The van der Waals surface area contributed by atoms with Crippen LogP contribution in [0.2, 0.25) is 0 Å². The van der Waals surface area contributed by atoms with Gasteiger partial charge in [0.05, 0.1) is 5.75 Å². The molecule has 1 unspecified atom stereocenters. The molecular weight excluding hydrogens is 264 g/mol. The highest BCUT2D eigenvalue weighted by Crippen LogP contribution is 2.38. The molecule has 0 radical (unpaired) electrons. The van der Waals surface area contributed by atoms with Crippen molar-refractivity contribution in [2.45, 2.75) is 30.9 Å². The summed E-state index contributed by atoms with van der Waals surface area (Å²) in [7, 11) is 0. The van der Waals surface area contributed by atoms with Gasteiger partial charge < -0.3 is 9.88 Å². The van der Waals surface area contributed by atoms with E-state index in [0.29, 0.717) is 5.75 Å². The fourth-order valence-corrected chi connectivity index (χ4v) is 4.00. The van der Waals surface area contributed by atoms with Crippen LogP contribution in [0.25, 0.3) is 0 Å². The third-order valence-electron chi connectivity index (χ3n) is 2.72. The second kappa shape index (κ2) is 5.61. The topological polar surface area (TPSA) is 36.1 Å². The maximum atomic E-state index is 11.9. The number of aromatic nitrogens is 1. The van der Waals surface area contributed by atoms with E-state index in [4.69, 9.17) is 0 Å². The lowest BCUT2D eigenvalue weighted by atomic mass is 10.3. The second-order valence-electron chi connectivity index (χ2n) is 5.34. The van der Waals surface area contributed by atoms with E-state index in [-0.39, 0.29) is 16.0 Å². The molecule has 1 atom stereocenters. The maximum Gasteiger partial charge on any atom is 0.233 e. The van der Waals surface area contributed by atoms with Gasteiger partial charge in [-0.15, -0.1) is 11.8 Å². The molecule has 5 heteroatoms. The Morgan fingerprint density at radius 1 is 1.56 bits per heavy atom. The van der Waals surface area contributed by atoms with Crippen molar-refractivity contribution in [3.63, 3.8) is 0 Å². The lowest BCUT2D eigenvalue weighted by molar-refractivity contribution is -0.127. The Kier molecular flexibility index (Phi) is 4.33. The highest BCUT2D eigenvalue weighted by atomic mass is 32.2. The van der Waals surface area contributed by atoms with Crippen LogP contribution in [0.1, 0.15) is 31.8 Å². The zero-order chi connectivity index (χ0) is 13.2. The van der Waals surface area contributed by atoms with Crippen molar-refractivity contribution in [1.29, 1.82) is 0 Å². The average Bonchev–Trinajstić information content (AvgIpc) is 2.87. The Balaban J connectivity index is 1.94. The molecular formula is C13H20N2OS2. The zero-order valence-electron chi connectivity index (χ0n) is 11.1. The van der Waals surface area contributed by atoms with Gasteiger partial charge in [0.1, 0.15) is 5.37 Å². The van der Waals surface area contributed by atoms with Crippen molar-refractivity contribution in [1.82, 2.24) is 9.88 Å². The predicted molar refractivity (Wildman–Crippen MR) is 79.9 cm³/mol. The first-order valence-electron chi connectivity index (χ1n) is 6.16. The lowest BCUT2D eigenvalue weighted by Crippen LogP contribution is -2.31. The molecule has 1 aliphatic rings. The van der Waals surface area contributed by atoms with Gasteiger partial charge in [-0.3, -0.25) is 4.79 Å². The molecule has 1 N–H and O–H groups in total. The Morgan fingerprint density at radius 2 is 2.33 bits per heavy atom. The van der Waals surface area contributed by atoms with Crippen molar-refractivity contribution < 1.29 is 4.79 Å². The average molecular weight is 284 g/mol. The van der Waals surface area contributed by atoms with Crippen molar-refractivity contribution >= 4 is 29.4 Å². The summed E-state index contributed by atoms with van der Waals surface area (Å²) in [5, 5.41) is 0.174. The van der Waals surface area contributed by atoms with E-state index in [9.17, 15) is 4.79 Å². The number of carbonyl (C=O) groups excluding carboxylic acids is 1. The maximum absolute atomic E-state index is 11.9. The molecule has 2 rings (SSSR count). The van der Waals surface area contributed by atoms with E-state index in [1.54, 1.807) is 11.8 Å². The van der Waals surface area contributed by atoms with Crippen molar-refractivity contribution in [2.24, 2.45) is 0 Å². The third kappa shape index (κ3) is 3.48. The zero-order valence-corrected chi connectivity index (χ0v) is 12.7. The molecule has 1 fully saturated rings. The highest BCUT2D eigenvalue weighted by Gasteiger charge is 2.33. The summed E-state index contributed by atoms with van der Waals surface area (Å²) < 4.78 is 0.262. The molecule has 0 saturated carbocycles. The van der Waals surface area contributed by atoms with E-state index < -0.39 is 0 Å². The minimum atomic E-state index is 0.174. The fraction of sp³-hybridized carbons (Fsp3) is 0.615. The molecule has 0 aliphatic carbocycles. The minimum Gasteiger partial charge on any atom is -0.363 e. The number of thioether (sulfide) groups is 2. The van der Waals surface area contributed by atoms with Gasteiger partial charge in [-0.05, 0) is 12.1 Å². The molecule has 1 saturated heterocycles. The van der Waals surface area contributed by atoms with Gasteiger partial charge in [-0.1, -0.05) is 20.8 Å². The Morgan fingerprint density at radius 3 is 2.94 bits per heavy atom. The largest absolute Gasteiger partial charge is 0.363 e. The summed E-state index contributed by atoms with van der Waals surface area (Å²) in [6.07, 6.45) is 1.92. The van der Waals surface area contributed by atoms with Crippen LogP contribution >= 0.6 is 23.5 Å². The second-order valence-corrected chi connectivity index (χ2v) is 8.33. The number of nitrogens with zero attached hydrogens (tertiary/aromatic N) is 1. The van der Waals surface area contributed by atoms with Gasteiger partial charge in [0.15, 0.2) is 0 Å². The quantitative estimate of drug-likeness (QED) is 0.923. The number of hydrogen-bond acceptors (Lipinski definition) is 3. The summed E-state index contributed by atoms with van der Waals surface area (Å²) in [5.41, 5.74) is 1.13. The molecule has 2 heterocycles. The van der Waals surface area contributed by atoms with Crippen LogP contribution in [-0.4, -0.2) is 38.6 Å². The van der Waals surface area contributed by atoms with E-state index in [2.05, 4.69) is 31.8 Å². The molecule has 3 nitrogen and oxygen atoms in total. The monoisotopic (exact) mass is 284 g/mol. The van der Waals surface area contributed by atoms with Crippen LogP contribution in [-0.2, 0) is 4.79 Å². The van der Waals surface area contributed by atoms with E-state index in [1.807, 2.05) is 28.9 Å². The Hall–Kier alpha value is -0.550. The van der Waals surface area contributed by atoms with Gasteiger partial charge in [-0.2, -0.15) is 11.8 Å². The van der Waals surface area contributed by atoms with Gasteiger partial charge in [0.25, 0.3) is 0 Å². The van der Waals surface area contributed by atoms with Crippen LogP contribution < -0.4 is 0 Å².